The SMILES string of the molecule is CC(C)[C@](O)(CN=[N+]=[N-])c1ccc(Br)cc1. The van der Waals surface area contributed by atoms with Gasteiger partial charge < -0.3 is 5.11 Å². The van der Waals surface area contributed by atoms with Gasteiger partial charge in [-0.3, -0.25) is 0 Å². The molecule has 0 fully saturated rings. The molecule has 0 aliphatic rings. The fourth-order valence-corrected chi connectivity index (χ4v) is 1.75. The molecule has 5 heteroatoms. The van der Waals surface area contributed by atoms with Crippen LogP contribution in [0.25, 0.3) is 10.4 Å². The van der Waals surface area contributed by atoms with Crippen molar-refractivity contribution in [3.05, 3.63) is 44.7 Å². The lowest BCUT2D eigenvalue weighted by atomic mass is 9.83. The van der Waals surface area contributed by atoms with E-state index >= 15 is 0 Å². The van der Waals surface area contributed by atoms with Crippen LogP contribution in [-0.4, -0.2) is 11.7 Å². The van der Waals surface area contributed by atoms with Crippen LogP contribution in [0, 0.1) is 5.92 Å². The van der Waals surface area contributed by atoms with Crippen LogP contribution in [0.4, 0.5) is 0 Å². The predicted molar refractivity (Wildman–Crippen MR) is 66.9 cm³/mol. The Hall–Kier alpha value is -1.03. The van der Waals surface area contributed by atoms with Crippen LogP contribution < -0.4 is 0 Å². The molecule has 1 aromatic rings. The molecule has 1 aromatic carbocycles. The quantitative estimate of drug-likeness (QED) is 0.512. The Morgan fingerprint density at radius 2 is 2.00 bits per heavy atom. The molecule has 0 aromatic heterocycles. The average Bonchev–Trinajstić information content (AvgIpc) is 2.26. The Balaban J connectivity index is 3.10. The fourth-order valence-electron chi connectivity index (χ4n) is 1.49. The molecule has 1 N–H and O–H groups in total. The molecule has 0 radical (unpaired) electrons. The van der Waals surface area contributed by atoms with Crippen LogP contribution in [0.5, 0.6) is 0 Å². The summed E-state index contributed by atoms with van der Waals surface area (Å²) in [5.74, 6) is -0.0285. The summed E-state index contributed by atoms with van der Waals surface area (Å²) in [6.45, 7) is 3.84. The Morgan fingerprint density at radius 1 is 1.44 bits per heavy atom. The highest BCUT2D eigenvalue weighted by Crippen LogP contribution is 2.30. The molecular weight excluding hydrogens is 270 g/mol. The van der Waals surface area contributed by atoms with Crippen LogP contribution in [-0.2, 0) is 5.60 Å². The summed E-state index contributed by atoms with van der Waals surface area (Å²) in [5.41, 5.74) is 8.00. The molecule has 0 saturated heterocycles. The van der Waals surface area contributed by atoms with Gasteiger partial charge in [-0.05, 0) is 29.1 Å². The van der Waals surface area contributed by atoms with E-state index in [-0.39, 0.29) is 12.5 Å². The van der Waals surface area contributed by atoms with Crippen LogP contribution in [0.1, 0.15) is 19.4 Å². The zero-order valence-electron chi connectivity index (χ0n) is 9.26. The van der Waals surface area contributed by atoms with Crippen molar-refractivity contribution in [1.82, 2.24) is 0 Å². The second kappa shape index (κ2) is 5.34. The smallest absolute Gasteiger partial charge is 0.0975 e. The third kappa shape index (κ3) is 2.76. The lowest BCUT2D eigenvalue weighted by molar-refractivity contribution is -0.00101. The van der Waals surface area contributed by atoms with Gasteiger partial charge in [0, 0.05) is 9.38 Å². The summed E-state index contributed by atoms with van der Waals surface area (Å²) in [6, 6.07) is 7.38. The first-order valence-corrected chi connectivity index (χ1v) is 5.79. The summed E-state index contributed by atoms with van der Waals surface area (Å²) in [4.78, 5) is 2.70. The molecule has 0 amide bonds. The molecule has 4 nitrogen and oxygen atoms in total. The van der Waals surface area contributed by atoms with E-state index in [1.807, 2.05) is 38.1 Å². The molecule has 86 valence electrons. The first-order valence-electron chi connectivity index (χ1n) is 5.00. The maximum atomic E-state index is 10.5. The van der Waals surface area contributed by atoms with Crippen molar-refractivity contribution >= 4 is 15.9 Å². The molecule has 0 spiro atoms. The molecule has 0 aliphatic carbocycles. The highest BCUT2D eigenvalue weighted by molar-refractivity contribution is 9.10. The van der Waals surface area contributed by atoms with Gasteiger partial charge in [0.05, 0.1) is 12.1 Å². The number of rotatable bonds is 4. The van der Waals surface area contributed by atoms with Crippen molar-refractivity contribution in [2.45, 2.75) is 19.4 Å². The Morgan fingerprint density at radius 3 is 2.44 bits per heavy atom. The highest BCUT2D eigenvalue weighted by atomic mass is 79.9. The van der Waals surface area contributed by atoms with Crippen LogP contribution >= 0.6 is 15.9 Å². The Labute approximate surface area is 103 Å². The van der Waals surface area contributed by atoms with E-state index in [1.165, 1.54) is 0 Å². The zero-order valence-corrected chi connectivity index (χ0v) is 10.8. The Bertz CT molecular complexity index is 398. The topological polar surface area (TPSA) is 69.0 Å². The van der Waals surface area contributed by atoms with Crippen LogP contribution in [0.15, 0.2) is 33.9 Å². The zero-order chi connectivity index (χ0) is 12.2. The maximum Gasteiger partial charge on any atom is 0.0975 e. The van der Waals surface area contributed by atoms with Crippen molar-refractivity contribution in [1.29, 1.82) is 0 Å². The van der Waals surface area contributed by atoms with E-state index in [2.05, 4.69) is 26.0 Å². The summed E-state index contributed by atoms with van der Waals surface area (Å²) >= 11 is 3.34. The number of aliphatic hydroxyl groups is 1. The normalized spacial score (nSPS) is 14.3. The molecule has 16 heavy (non-hydrogen) atoms. The lowest BCUT2D eigenvalue weighted by Gasteiger charge is -2.31. The van der Waals surface area contributed by atoms with Crippen molar-refractivity contribution in [2.24, 2.45) is 11.0 Å². The summed E-state index contributed by atoms with van der Waals surface area (Å²) in [5, 5.41) is 14.0. The number of benzene rings is 1. The van der Waals surface area contributed by atoms with Gasteiger partial charge >= 0.3 is 0 Å². The van der Waals surface area contributed by atoms with Gasteiger partial charge in [-0.1, -0.05) is 47.0 Å². The molecule has 0 bridgehead atoms. The predicted octanol–water partition coefficient (Wildman–Crippen LogP) is 3.60. The van der Waals surface area contributed by atoms with Crippen molar-refractivity contribution in [3.8, 4) is 0 Å². The van der Waals surface area contributed by atoms with E-state index in [0.717, 1.165) is 10.0 Å². The van der Waals surface area contributed by atoms with Gasteiger partial charge in [-0.2, -0.15) is 0 Å². The monoisotopic (exact) mass is 283 g/mol. The first-order chi connectivity index (χ1) is 7.50. The highest BCUT2D eigenvalue weighted by Gasteiger charge is 2.32. The molecule has 1 rings (SSSR count). The molecule has 1 atom stereocenters. The largest absolute Gasteiger partial charge is 0.385 e. The standard InChI is InChI=1S/C11H14BrN3O/c1-8(2)11(16,7-14-15-13)9-3-5-10(12)6-4-9/h3-6,8,16H,7H2,1-2H3/t11-/m1/s1. The fraction of sp³-hybridized carbons (Fsp3) is 0.455. The minimum absolute atomic E-state index is 0.0285. The van der Waals surface area contributed by atoms with E-state index < -0.39 is 5.60 Å². The number of azide groups is 1. The van der Waals surface area contributed by atoms with Gasteiger partial charge in [0.25, 0.3) is 0 Å². The first kappa shape index (κ1) is 13.0. The van der Waals surface area contributed by atoms with E-state index in [0.29, 0.717) is 0 Å². The van der Waals surface area contributed by atoms with Gasteiger partial charge in [0.15, 0.2) is 0 Å². The number of hydrogen-bond acceptors (Lipinski definition) is 2. The third-order valence-electron chi connectivity index (χ3n) is 2.67. The number of hydrogen-bond donors (Lipinski definition) is 1. The number of nitrogens with zero attached hydrogens (tertiary/aromatic N) is 3. The van der Waals surface area contributed by atoms with E-state index in [4.69, 9.17) is 5.53 Å². The minimum Gasteiger partial charge on any atom is -0.385 e. The maximum absolute atomic E-state index is 10.5. The summed E-state index contributed by atoms with van der Waals surface area (Å²) in [6.07, 6.45) is 0. The third-order valence-corrected chi connectivity index (χ3v) is 3.20. The van der Waals surface area contributed by atoms with Gasteiger partial charge in [0.2, 0.25) is 0 Å². The summed E-state index contributed by atoms with van der Waals surface area (Å²) in [7, 11) is 0. The van der Waals surface area contributed by atoms with Crippen molar-refractivity contribution in [3.63, 3.8) is 0 Å². The second-order valence-corrected chi connectivity index (χ2v) is 4.89. The number of halogens is 1. The summed E-state index contributed by atoms with van der Waals surface area (Å²) < 4.78 is 0.950. The average molecular weight is 284 g/mol. The molecular formula is C11H14BrN3O. The molecule has 0 heterocycles. The van der Waals surface area contributed by atoms with Crippen LogP contribution in [0.3, 0.4) is 0 Å². The minimum atomic E-state index is -1.10. The second-order valence-electron chi connectivity index (χ2n) is 3.97. The van der Waals surface area contributed by atoms with Gasteiger partial charge in [0.1, 0.15) is 0 Å². The molecule has 0 aliphatic heterocycles. The van der Waals surface area contributed by atoms with Crippen molar-refractivity contribution in [2.75, 3.05) is 6.54 Å². The van der Waals surface area contributed by atoms with Crippen LogP contribution in [0.2, 0.25) is 0 Å². The Kier molecular flexibility index (Phi) is 4.35. The van der Waals surface area contributed by atoms with Gasteiger partial charge in [-0.25, -0.2) is 0 Å². The molecule has 0 saturated carbocycles. The van der Waals surface area contributed by atoms with Gasteiger partial charge in [-0.15, -0.1) is 0 Å². The van der Waals surface area contributed by atoms with Crippen molar-refractivity contribution < 1.29 is 5.11 Å². The molecule has 0 unspecified atom stereocenters. The van der Waals surface area contributed by atoms with E-state index in [1.54, 1.807) is 0 Å². The lowest BCUT2D eigenvalue weighted by Crippen LogP contribution is -2.35. The van der Waals surface area contributed by atoms with E-state index in [9.17, 15) is 5.11 Å².